The van der Waals surface area contributed by atoms with Crippen molar-refractivity contribution in [1.29, 1.82) is 0 Å². The van der Waals surface area contributed by atoms with E-state index < -0.39 is 0 Å². The molecule has 0 aliphatic heterocycles. The number of para-hydroxylation sites is 1. The average molecular weight is 716 g/mol. The van der Waals surface area contributed by atoms with Crippen molar-refractivity contribution in [3.8, 4) is 39.1 Å². The summed E-state index contributed by atoms with van der Waals surface area (Å²) in [7, 11) is 0. The number of hydrogen-bond acceptors (Lipinski definition) is 1. The van der Waals surface area contributed by atoms with Crippen molar-refractivity contribution >= 4 is 64.1 Å². The second-order valence-electron chi connectivity index (χ2n) is 14.8. The van der Waals surface area contributed by atoms with E-state index in [9.17, 15) is 0 Å². The molecule has 2 heteroatoms. The van der Waals surface area contributed by atoms with Crippen molar-refractivity contribution in [2.24, 2.45) is 0 Å². The number of thiophene rings is 1. The third-order valence-corrected chi connectivity index (χ3v) is 13.1. The summed E-state index contributed by atoms with van der Waals surface area (Å²) < 4.78 is 5.16. The van der Waals surface area contributed by atoms with Gasteiger partial charge in [-0.15, -0.1) is 11.3 Å². The van der Waals surface area contributed by atoms with Gasteiger partial charge in [0.1, 0.15) is 0 Å². The zero-order chi connectivity index (χ0) is 36.0. The number of hydrogen-bond donors (Lipinski definition) is 0. The minimum absolute atomic E-state index is 0.149. The molecule has 1 unspecified atom stereocenters. The molecule has 1 nitrogen and oxygen atoms in total. The van der Waals surface area contributed by atoms with Crippen LogP contribution in [0, 0.1) is 0 Å². The Kier molecular flexibility index (Phi) is 6.63. The van der Waals surface area contributed by atoms with Gasteiger partial charge in [0.2, 0.25) is 0 Å². The molecule has 1 atom stereocenters. The van der Waals surface area contributed by atoms with Gasteiger partial charge in [-0.25, -0.2) is 0 Å². The van der Waals surface area contributed by atoms with Crippen LogP contribution >= 0.6 is 11.3 Å². The molecule has 0 bridgehead atoms. The van der Waals surface area contributed by atoms with E-state index in [1.165, 1.54) is 109 Å². The van der Waals surface area contributed by atoms with Gasteiger partial charge < -0.3 is 4.57 Å². The molecular formula is C53H33NS. The van der Waals surface area contributed by atoms with Crippen LogP contribution in [0.3, 0.4) is 0 Å². The van der Waals surface area contributed by atoms with Gasteiger partial charge in [0.25, 0.3) is 0 Å². The number of benzene rings is 9. The minimum Gasteiger partial charge on any atom is -0.309 e. The smallest absolute Gasteiger partial charge is 0.0541 e. The Hall–Kier alpha value is -6.74. The molecule has 0 fully saturated rings. The van der Waals surface area contributed by atoms with E-state index in [-0.39, 0.29) is 5.92 Å². The van der Waals surface area contributed by atoms with Crippen LogP contribution in [0.15, 0.2) is 194 Å². The zero-order valence-corrected chi connectivity index (χ0v) is 30.7. The minimum atomic E-state index is 0.149. The van der Waals surface area contributed by atoms with E-state index in [2.05, 4.69) is 199 Å². The number of aromatic nitrogens is 1. The van der Waals surface area contributed by atoms with Crippen molar-refractivity contribution in [1.82, 2.24) is 4.57 Å². The standard InChI is InChI=1S/C53H33NS/c1-2-11-33(12-3-1)34-21-25-38(26-22-34)54-48-19-8-6-16-40(48)47-32-37(24-30-49(47)54)36-23-27-43-46(31-36)44-28-29-45-41-17-7-9-20-50(41)55-53(45)52(44)51(43)42-18-10-14-35-13-4-5-15-39(35)42/h1-32,51H. The molecule has 1 aliphatic carbocycles. The maximum absolute atomic E-state index is 2.46. The van der Waals surface area contributed by atoms with Crippen LogP contribution < -0.4 is 0 Å². The highest BCUT2D eigenvalue weighted by atomic mass is 32.1. The fourth-order valence-corrected chi connectivity index (χ4v) is 10.7. The van der Waals surface area contributed by atoms with E-state index in [0.717, 1.165) is 0 Å². The summed E-state index contributed by atoms with van der Waals surface area (Å²) in [5.74, 6) is 0.149. The summed E-state index contributed by atoms with van der Waals surface area (Å²) in [5.41, 5.74) is 15.4. The Bertz CT molecular complexity index is 3300. The molecule has 55 heavy (non-hydrogen) atoms. The Labute approximate surface area is 323 Å². The Morgan fingerprint density at radius 1 is 0.382 bits per heavy atom. The largest absolute Gasteiger partial charge is 0.309 e. The summed E-state index contributed by atoms with van der Waals surface area (Å²) >= 11 is 1.94. The van der Waals surface area contributed by atoms with Gasteiger partial charge in [-0.3, -0.25) is 0 Å². The average Bonchev–Trinajstić information content (AvgIpc) is 3.91. The third kappa shape index (κ3) is 4.59. The molecule has 12 rings (SSSR count). The molecule has 0 saturated heterocycles. The molecule has 0 spiro atoms. The van der Waals surface area contributed by atoms with Gasteiger partial charge >= 0.3 is 0 Å². The summed E-state index contributed by atoms with van der Waals surface area (Å²) in [6.07, 6.45) is 0. The first-order valence-corrected chi connectivity index (χ1v) is 19.9. The van der Waals surface area contributed by atoms with E-state index >= 15 is 0 Å². The molecule has 1 aliphatic rings. The molecule has 0 N–H and O–H groups in total. The fourth-order valence-electron chi connectivity index (χ4n) is 9.40. The van der Waals surface area contributed by atoms with E-state index in [1.54, 1.807) is 0 Å². The van der Waals surface area contributed by atoms with Gasteiger partial charge in [-0.2, -0.15) is 0 Å². The van der Waals surface area contributed by atoms with Crippen LogP contribution in [0.4, 0.5) is 0 Å². The van der Waals surface area contributed by atoms with Crippen LogP contribution in [-0.4, -0.2) is 4.57 Å². The Morgan fingerprint density at radius 3 is 1.95 bits per heavy atom. The summed E-state index contributed by atoms with van der Waals surface area (Å²) in [4.78, 5) is 0. The zero-order valence-electron chi connectivity index (χ0n) is 29.9. The maximum Gasteiger partial charge on any atom is 0.0541 e. The van der Waals surface area contributed by atoms with Crippen molar-refractivity contribution < 1.29 is 0 Å². The summed E-state index contributed by atoms with van der Waals surface area (Å²) in [6, 6.07) is 72.0. The highest BCUT2D eigenvalue weighted by molar-refractivity contribution is 7.26. The molecule has 0 radical (unpaired) electrons. The van der Waals surface area contributed by atoms with Gasteiger partial charge in [0.05, 0.1) is 11.0 Å². The maximum atomic E-state index is 2.46. The summed E-state index contributed by atoms with van der Waals surface area (Å²) in [6.45, 7) is 0. The van der Waals surface area contributed by atoms with Crippen LogP contribution in [0.5, 0.6) is 0 Å². The number of fused-ring (bicyclic) bond motifs is 11. The lowest BCUT2D eigenvalue weighted by Gasteiger charge is -2.18. The SMILES string of the molecule is c1ccc(-c2ccc(-n3c4ccccc4c4cc(-c5ccc6c(c5)-c5ccc7c(sc8ccccc87)c5C6c5cccc6ccccc56)ccc43)cc2)cc1. The topological polar surface area (TPSA) is 4.93 Å². The van der Waals surface area contributed by atoms with E-state index in [0.29, 0.717) is 0 Å². The number of nitrogens with zero attached hydrogens (tertiary/aromatic N) is 1. The van der Waals surface area contributed by atoms with Crippen molar-refractivity contribution in [2.75, 3.05) is 0 Å². The van der Waals surface area contributed by atoms with Gasteiger partial charge in [0, 0.05) is 42.6 Å². The van der Waals surface area contributed by atoms with Crippen LogP contribution in [0.25, 0.3) is 91.8 Å². The quantitative estimate of drug-likeness (QED) is 0.171. The number of rotatable bonds is 4. The monoisotopic (exact) mass is 715 g/mol. The molecule has 256 valence electrons. The lowest BCUT2D eigenvalue weighted by molar-refractivity contribution is 1.04. The molecule has 2 aromatic heterocycles. The van der Waals surface area contributed by atoms with Gasteiger partial charge in [0.15, 0.2) is 0 Å². The second kappa shape index (κ2) is 11.9. The molecule has 9 aromatic carbocycles. The summed E-state index contributed by atoms with van der Waals surface area (Å²) in [5, 5.41) is 7.84. The van der Waals surface area contributed by atoms with Gasteiger partial charge in [-0.1, -0.05) is 152 Å². The van der Waals surface area contributed by atoms with Crippen molar-refractivity contribution in [3.63, 3.8) is 0 Å². The Morgan fingerprint density at radius 2 is 1.05 bits per heavy atom. The first-order valence-electron chi connectivity index (χ1n) is 19.0. The molecular weight excluding hydrogens is 683 g/mol. The Balaban J connectivity index is 1.03. The lowest BCUT2D eigenvalue weighted by atomic mass is 9.85. The molecule has 11 aromatic rings. The molecule has 0 saturated carbocycles. The van der Waals surface area contributed by atoms with Crippen LogP contribution in [-0.2, 0) is 0 Å². The second-order valence-corrected chi connectivity index (χ2v) is 15.9. The molecule has 2 heterocycles. The first kappa shape index (κ1) is 30.7. The van der Waals surface area contributed by atoms with E-state index in [1.807, 2.05) is 11.3 Å². The predicted octanol–water partition coefficient (Wildman–Crippen LogP) is 14.8. The lowest BCUT2D eigenvalue weighted by Crippen LogP contribution is -2.00. The first-order chi connectivity index (χ1) is 27.3. The fraction of sp³-hybridized carbons (Fsp3) is 0.0189. The van der Waals surface area contributed by atoms with E-state index in [4.69, 9.17) is 0 Å². The van der Waals surface area contributed by atoms with Gasteiger partial charge in [-0.05, 0) is 103 Å². The normalized spacial score (nSPS) is 13.6. The van der Waals surface area contributed by atoms with Crippen molar-refractivity contribution in [3.05, 3.63) is 211 Å². The highest BCUT2D eigenvalue weighted by Gasteiger charge is 2.34. The third-order valence-electron chi connectivity index (χ3n) is 11.9. The van der Waals surface area contributed by atoms with Crippen molar-refractivity contribution in [2.45, 2.75) is 5.92 Å². The van der Waals surface area contributed by atoms with Crippen LogP contribution in [0.1, 0.15) is 22.6 Å². The van der Waals surface area contributed by atoms with Crippen LogP contribution in [0.2, 0.25) is 0 Å². The highest BCUT2D eigenvalue weighted by Crippen LogP contribution is 2.55. The molecule has 0 amide bonds. The predicted molar refractivity (Wildman–Crippen MR) is 235 cm³/mol.